The van der Waals surface area contributed by atoms with Crippen molar-refractivity contribution in [1.82, 2.24) is 0 Å². The van der Waals surface area contributed by atoms with Crippen molar-refractivity contribution in [3.63, 3.8) is 0 Å². The lowest BCUT2D eigenvalue weighted by molar-refractivity contribution is -0.274. The predicted molar refractivity (Wildman–Crippen MR) is 56.6 cm³/mol. The molecule has 0 amide bonds. The fraction of sp³-hybridized carbons (Fsp3) is 0.364. The van der Waals surface area contributed by atoms with Crippen LogP contribution in [0.4, 0.5) is 13.2 Å². The third kappa shape index (κ3) is 2.87. The van der Waals surface area contributed by atoms with Crippen LogP contribution in [0, 0.1) is 5.92 Å². The second-order valence-electron chi connectivity index (χ2n) is 4.02. The summed E-state index contributed by atoms with van der Waals surface area (Å²) < 4.78 is 39.7. The summed E-state index contributed by atoms with van der Waals surface area (Å²) in [6.07, 6.45) is -4.32. The zero-order valence-corrected chi connectivity index (χ0v) is 9.63. The largest absolute Gasteiger partial charge is 0.573 e. The van der Waals surface area contributed by atoms with Crippen molar-refractivity contribution in [3.05, 3.63) is 28.8 Å². The standard InChI is InChI=1S/C11H8ClF3O3/c12-8-3-5(6-4-7(6)10(16)17)1-2-9(8)18-11(13,14)15/h1-3,6-7H,4H2,(H,16,17). The molecule has 2 unspecified atom stereocenters. The predicted octanol–water partition coefficient (Wildman–Crippen LogP) is 3.43. The highest BCUT2D eigenvalue weighted by atomic mass is 35.5. The van der Waals surface area contributed by atoms with E-state index in [4.69, 9.17) is 16.7 Å². The van der Waals surface area contributed by atoms with Gasteiger partial charge in [0.1, 0.15) is 5.75 Å². The van der Waals surface area contributed by atoms with Gasteiger partial charge in [0.2, 0.25) is 0 Å². The van der Waals surface area contributed by atoms with Crippen molar-refractivity contribution in [2.75, 3.05) is 0 Å². The molecule has 2 rings (SSSR count). The first-order valence-corrected chi connectivity index (χ1v) is 5.44. The number of carbonyl (C=O) groups is 1. The summed E-state index contributed by atoms with van der Waals surface area (Å²) in [6.45, 7) is 0. The minimum atomic E-state index is -4.80. The highest BCUT2D eigenvalue weighted by Gasteiger charge is 2.44. The molecule has 3 nitrogen and oxygen atoms in total. The lowest BCUT2D eigenvalue weighted by atomic mass is 10.1. The molecule has 0 aromatic heterocycles. The SMILES string of the molecule is O=C(O)C1CC1c1ccc(OC(F)(F)F)c(Cl)c1. The van der Waals surface area contributed by atoms with Gasteiger partial charge in [-0.3, -0.25) is 4.79 Å². The van der Waals surface area contributed by atoms with Crippen LogP contribution in [-0.4, -0.2) is 17.4 Å². The van der Waals surface area contributed by atoms with Crippen LogP contribution in [0.2, 0.25) is 5.02 Å². The van der Waals surface area contributed by atoms with Crippen molar-refractivity contribution < 1.29 is 27.8 Å². The molecule has 1 fully saturated rings. The monoisotopic (exact) mass is 280 g/mol. The van der Waals surface area contributed by atoms with Crippen LogP contribution >= 0.6 is 11.6 Å². The number of hydrogen-bond donors (Lipinski definition) is 1. The summed E-state index contributed by atoms with van der Waals surface area (Å²) in [7, 11) is 0. The number of carboxylic acids is 1. The number of ether oxygens (including phenoxy) is 1. The van der Waals surface area contributed by atoms with Gasteiger partial charge in [-0.2, -0.15) is 0 Å². The van der Waals surface area contributed by atoms with E-state index in [1.807, 2.05) is 0 Å². The van der Waals surface area contributed by atoms with E-state index in [9.17, 15) is 18.0 Å². The minimum Gasteiger partial charge on any atom is -0.481 e. The molecule has 1 saturated carbocycles. The summed E-state index contributed by atoms with van der Waals surface area (Å²) in [5, 5.41) is 8.58. The maximum Gasteiger partial charge on any atom is 0.573 e. The second-order valence-corrected chi connectivity index (χ2v) is 4.43. The van der Waals surface area contributed by atoms with E-state index >= 15 is 0 Å². The molecule has 0 saturated heterocycles. The van der Waals surface area contributed by atoms with Crippen LogP contribution in [0.1, 0.15) is 17.9 Å². The van der Waals surface area contributed by atoms with Gasteiger partial charge >= 0.3 is 12.3 Å². The van der Waals surface area contributed by atoms with E-state index in [-0.39, 0.29) is 10.9 Å². The van der Waals surface area contributed by atoms with Crippen molar-refractivity contribution >= 4 is 17.6 Å². The number of carboxylic acid groups (broad SMARTS) is 1. The molecule has 98 valence electrons. The van der Waals surface area contributed by atoms with Crippen molar-refractivity contribution in [2.45, 2.75) is 18.7 Å². The maximum atomic E-state index is 12.0. The number of aliphatic carboxylic acids is 1. The Balaban J connectivity index is 2.14. The van der Waals surface area contributed by atoms with Gasteiger partial charge in [0.05, 0.1) is 10.9 Å². The number of rotatable bonds is 3. The molecule has 1 N–H and O–H groups in total. The first-order chi connectivity index (χ1) is 8.28. The quantitative estimate of drug-likeness (QED) is 0.923. The average molecular weight is 281 g/mol. The van der Waals surface area contributed by atoms with E-state index in [0.29, 0.717) is 12.0 Å². The topological polar surface area (TPSA) is 46.5 Å². The van der Waals surface area contributed by atoms with Crippen LogP contribution in [0.5, 0.6) is 5.75 Å². The van der Waals surface area contributed by atoms with Crippen LogP contribution < -0.4 is 4.74 Å². The Hall–Kier alpha value is -1.43. The second kappa shape index (κ2) is 4.35. The Bertz CT molecular complexity index is 487. The zero-order valence-electron chi connectivity index (χ0n) is 8.87. The van der Waals surface area contributed by atoms with Crippen LogP contribution in [0.3, 0.4) is 0 Å². The van der Waals surface area contributed by atoms with E-state index in [1.165, 1.54) is 12.1 Å². The third-order valence-corrected chi connectivity index (χ3v) is 3.01. The highest BCUT2D eigenvalue weighted by molar-refractivity contribution is 6.32. The van der Waals surface area contributed by atoms with Gasteiger partial charge in [-0.1, -0.05) is 17.7 Å². The number of alkyl halides is 3. The van der Waals surface area contributed by atoms with E-state index < -0.39 is 24.0 Å². The normalized spacial score (nSPS) is 22.7. The molecule has 1 aromatic carbocycles. The Morgan fingerprint density at radius 1 is 1.44 bits per heavy atom. The van der Waals surface area contributed by atoms with Crippen LogP contribution in [-0.2, 0) is 4.79 Å². The van der Waals surface area contributed by atoms with Crippen molar-refractivity contribution in [3.8, 4) is 5.75 Å². The maximum absolute atomic E-state index is 12.0. The van der Waals surface area contributed by atoms with Gasteiger partial charge in [0.15, 0.2) is 0 Å². The van der Waals surface area contributed by atoms with Gasteiger partial charge in [-0.15, -0.1) is 13.2 Å². The highest BCUT2D eigenvalue weighted by Crippen LogP contribution is 2.48. The van der Waals surface area contributed by atoms with E-state index in [2.05, 4.69) is 4.74 Å². The third-order valence-electron chi connectivity index (χ3n) is 2.72. The molecule has 0 spiro atoms. The lowest BCUT2D eigenvalue weighted by Crippen LogP contribution is -2.17. The summed E-state index contributed by atoms with van der Waals surface area (Å²) in [4.78, 5) is 10.7. The molecule has 0 aliphatic heterocycles. The molecular formula is C11H8ClF3O3. The molecule has 18 heavy (non-hydrogen) atoms. The Labute approximate surface area is 105 Å². The van der Waals surface area contributed by atoms with Gasteiger partial charge in [0, 0.05) is 0 Å². The van der Waals surface area contributed by atoms with Gasteiger partial charge in [0.25, 0.3) is 0 Å². The molecule has 1 aromatic rings. The number of halogens is 4. The van der Waals surface area contributed by atoms with E-state index in [0.717, 1.165) is 6.07 Å². The summed E-state index contributed by atoms with van der Waals surface area (Å²) in [5.41, 5.74) is 0.613. The fourth-order valence-electron chi connectivity index (χ4n) is 1.79. The molecule has 0 bridgehead atoms. The zero-order chi connectivity index (χ0) is 13.5. The molecular weight excluding hydrogens is 273 g/mol. The first-order valence-electron chi connectivity index (χ1n) is 5.06. The Kier molecular flexibility index (Phi) is 3.14. The van der Waals surface area contributed by atoms with Crippen LogP contribution in [0.25, 0.3) is 0 Å². The molecule has 2 atom stereocenters. The Morgan fingerprint density at radius 2 is 2.11 bits per heavy atom. The van der Waals surface area contributed by atoms with Crippen molar-refractivity contribution in [1.29, 1.82) is 0 Å². The smallest absolute Gasteiger partial charge is 0.481 e. The molecule has 1 aliphatic carbocycles. The van der Waals surface area contributed by atoms with Gasteiger partial charge in [-0.25, -0.2) is 0 Å². The summed E-state index contributed by atoms with van der Waals surface area (Å²) in [5.74, 6) is -2.05. The number of hydrogen-bond acceptors (Lipinski definition) is 2. The van der Waals surface area contributed by atoms with Gasteiger partial charge in [-0.05, 0) is 30.0 Å². The molecule has 0 radical (unpaired) electrons. The lowest BCUT2D eigenvalue weighted by Gasteiger charge is -2.11. The fourth-order valence-corrected chi connectivity index (χ4v) is 2.02. The summed E-state index contributed by atoms with van der Waals surface area (Å²) >= 11 is 5.66. The number of benzene rings is 1. The molecule has 0 heterocycles. The average Bonchev–Trinajstić information content (AvgIpc) is 2.98. The minimum absolute atomic E-state index is 0.180. The summed E-state index contributed by atoms with van der Waals surface area (Å²) in [6, 6.07) is 3.82. The van der Waals surface area contributed by atoms with Crippen LogP contribution in [0.15, 0.2) is 18.2 Å². The van der Waals surface area contributed by atoms with E-state index in [1.54, 1.807) is 0 Å². The first kappa shape index (κ1) is 13.0. The van der Waals surface area contributed by atoms with Gasteiger partial charge < -0.3 is 9.84 Å². The molecule has 1 aliphatic rings. The molecule has 7 heteroatoms. The Morgan fingerprint density at radius 3 is 2.56 bits per heavy atom. The van der Waals surface area contributed by atoms with Crippen molar-refractivity contribution in [2.24, 2.45) is 5.92 Å².